The molecule has 0 unspecified atom stereocenters. The van der Waals surface area contributed by atoms with Crippen LogP contribution in [0.25, 0.3) is 0 Å². The summed E-state index contributed by atoms with van der Waals surface area (Å²) in [5.74, 6) is 0. The van der Waals surface area contributed by atoms with Gasteiger partial charge < -0.3 is 9.47 Å². The van der Waals surface area contributed by atoms with Crippen LogP contribution in [0.2, 0.25) is 0 Å². The molecule has 0 bridgehead atoms. The fraction of sp³-hybridized carbons (Fsp3) is 0.182. The van der Waals surface area contributed by atoms with E-state index in [9.17, 15) is 4.79 Å². The average Bonchev–Trinajstić information content (AvgIpc) is 2.48. The van der Waals surface area contributed by atoms with Crippen molar-refractivity contribution in [2.75, 3.05) is 0 Å². The molecule has 0 saturated carbocycles. The molecule has 0 spiro atoms. The zero-order valence-electron chi connectivity index (χ0n) is 7.34. The molecule has 0 radical (unpaired) electrons. The largest absolute Gasteiger partial charge is 0.511 e. The summed E-state index contributed by atoms with van der Waals surface area (Å²) in [6, 6.07) is 0. The molecule has 3 nitrogen and oxygen atoms in total. The van der Waals surface area contributed by atoms with Gasteiger partial charge in [-0.1, -0.05) is 24.3 Å². The molecular weight excluding hydrogens is 180 g/mol. The molecule has 14 heavy (non-hydrogen) atoms. The van der Waals surface area contributed by atoms with E-state index in [4.69, 9.17) is 9.47 Å². The topological polar surface area (TPSA) is 35.5 Å². The van der Waals surface area contributed by atoms with Crippen molar-refractivity contribution in [1.82, 2.24) is 0 Å². The molecular formula is C11H8O3. The van der Waals surface area contributed by atoms with E-state index < -0.39 is 17.4 Å². The molecule has 3 aliphatic rings. The lowest BCUT2D eigenvalue weighted by molar-refractivity contribution is 0.0973. The third-order valence-electron chi connectivity index (χ3n) is 2.71. The molecule has 0 atom stereocenters. The minimum absolute atomic E-state index is 0.627. The van der Waals surface area contributed by atoms with Gasteiger partial charge in [0.15, 0.2) is 11.2 Å². The standard InChI is InChI=1S/C11H8O3/c12-9-13-10-5-1-2-6-11(10,14-9)8-4-3-7-10/h1-8H. The second-order valence-electron chi connectivity index (χ2n) is 3.48. The summed E-state index contributed by atoms with van der Waals surface area (Å²) in [5, 5.41) is 0. The fourth-order valence-electron chi connectivity index (χ4n) is 2.02. The van der Waals surface area contributed by atoms with Crippen molar-refractivity contribution in [3.05, 3.63) is 48.6 Å². The van der Waals surface area contributed by atoms with E-state index in [-0.39, 0.29) is 0 Å². The normalized spacial score (nSPS) is 41.6. The van der Waals surface area contributed by atoms with E-state index in [1.54, 1.807) is 0 Å². The first-order chi connectivity index (χ1) is 6.77. The number of hydrogen-bond acceptors (Lipinski definition) is 3. The van der Waals surface area contributed by atoms with Gasteiger partial charge in [0.25, 0.3) is 0 Å². The lowest BCUT2D eigenvalue weighted by atomic mass is 9.77. The van der Waals surface area contributed by atoms with E-state index in [2.05, 4.69) is 0 Å². The first-order valence-corrected chi connectivity index (χ1v) is 4.43. The second-order valence-corrected chi connectivity index (χ2v) is 3.48. The molecule has 1 aliphatic heterocycles. The van der Waals surface area contributed by atoms with Crippen LogP contribution in [0.1, 0.15) is 0 Å². The van der Waals surface area contributed by atoms with Gasteiger partial charge in [-0.2, -0.15) is 0 Å². The maximum absolute atomic E-state index is 11.2. The zero-order valence-corrected chi connectivity index (χ0v) is 7.34. The summed E-state index contributed by atoms with van der Waals surface area (Å²) in [5.41, 5.74) is -1.54. The molecule has 0 aromatic heterocycles. The maximum atomic E-state index is 11.2. The molecule has 0 amide bonds. The number of allylic oxidation sites excluding steroid dienone is 4. The third kappa shape index (κ3) is 0.702. The van der Waals surface area contributed by atoms with Gasteiger partial charge in [-0.3, -0.25) is 0 Å². The molecule has 0 aromatic carbocycles. The Morgan fingerprint density at radius 3 is 1.50 bits per heavy atom. The van der Waals surface area contributed by atoms with E-state index in [1.165, 1.54) is 0 Å². The van der Waals surface area contributed by atoms with Crippen molar-refractivity contribution >= 4 is 6.16 Å². The summed E-state index contributed by atoms with van der Waals surface area (Å²) < 4.78 is 10.4. The molecule has 1 heterocycles. The molecule has 3 rings (SSSR count). The van der Waals surface area contributed by atoms with Crippen molar-refractivity contribution in [1.29, 1.82) is 0 Å². The summed E-state index contributed by atoms with van der Waals surface area (Å²) in [7, 11) is 0. The van der Waals surface area contributed by atoms with E-state index in [0.29, 0.717) is 0 Å². The first kappa shape index (κ1) is 7.62. The van der Waals surface area contributed by atoms with Crippen LogP contribution in [0.4, 0.5) is 4.79 Å². The van der Waals surface area contributed by atoms with Crippen molar-refractivity contribution in [3.8, 4) is 0 Å². The SMILES string of the molecule is O=C1OC23C=CC=CC2(C=CC=C3)O1. The average molecular weight is 188 g/mol. The Hall–Kier alpha value is -1.77. The number of ether oxygens (including phenoxy) is 2. The van der Waals surface area contributed by atoms with Crippen LogP contribution in [-0.2, 0) is 9.47 Å². The Bertz CT molecular complexity index is 350. The minimum atomic E-state index is -0.770. The maximum Gasteiger partial charge on any atom is 0.511 e. The lowest BCUT2D eigenvalue weighted by Crippen LogP contribution is -2.48. The van der Waals surface area contributed by atoms with E-state index >= 15 is 0 Å². The Kier molecular flexibility index (Phi) is 1.18. The molecule has 2 aliphatic carbocycles. The van der Waals surface area contributed by atoms with Gasteiger partial charge >= 0.3 is 6.16 Å². The summed E-state index contributed by atoms with van der Waals surface area (Å²) in [6.07, 6.45) is 14.1. The fourth-order valence-corrected chi connectivity index (χ4v) is 2.02. The minimum Gasteiger partial charge on any atom is -0.414 e. The van der Waals surface area contributed by atoms with Gasteiger partial charge in [-0.15, -0.1) is 0 Å². The highest BCUT2D eigenvalue weighted by atomic mass is 16.8. The summed E-state index contributed by atoms with van der Waals surface area (Å²) in [4.78, 5) is 11.2. The highest BCUT2D eigenvalue weighted by Crippen LogP contribution is 2.45. The number of hydrogen-bond donors (Lipinski definition) is 0. The molecule has 0 N–H and O–H groups in total. The van der Waals surface area contributed by atoms with Gasteiger partial charge in [-0.05, 0) is 24.3 Å². The van der Waals surface area contributed by atoms with Crippen molar-refractivity contribution < 1.29 is 14.3 Å². The highest BCUT2D eigenvalue weighted by molar-refractivity contribution is 5.70. The molecule has 70 valence electrons. The number of carbonyl (C=O) groups excluding carboxylic acids is 1. The van der Waals surface area contributed by atoms with Crippen LogP contribution in [0.5, 0.6) is 0 Å². The predicted molar refractivity (Wildman–Crippen MR) is 49.6 cm³/mol. The lowest BCUT2D eigenvalue weighted by Gasteiger charge is -2.35. The number of rotatable bonds is 0. The monoisotopic (exact) mass is 188 g/mol. The van der Waals surface area contributed by atoms with Crippen LogP contribution in [0, 0.1) is 0 Å². The van der Waals surface area contributed by atoms with Crippen molar-refractivity contribution in [3.63, 3.8) is 0 Å². The molecule has 0 aromatic rings. The first-order valence-electron chi connectivity index (χ1n) is 4.43. The smallest absolute Gasteiger partial charge is 0.414 e. The van der Waals surface area contributed by atoms with Crippen LogP contribution >= 0.6 is 0 Å². The van der Waals surface area contributed by atoms with E-state index in [1.807, 2.05) is 48.6 Å². The van der Waals surface area contributed by atoms with Gasteiger partial charge in [0.2, 0.25) is 0 Å². The third-order valence-corrected chi connectivity index (χ3v) is 2.71. The number of carbonyl (C=O) groups is 1. The Morgan fingerprint density at radius 2 is 1.14 bits per heavy atom. The summed E-state index contributed by atoms with van der Waals surface area (Å²) in [6.45, 7) is 0. The van der Waals surface area contributed by atoms with E-state index in [0.717, 1.165) is 0 Å². The predicted octanol–water partition coefficient (Wildman–Crippen LogP) is 1.88. The van der Waals surface area contributed by atoms with Gasteiger partial charge in [0.05, 0.1) is 0 Å². The van der Waals surface area contributed by atoms with Gasteiger partial charge in [0.1, 0.15) is 0 Å². The van der Waals surface area contributed by atoms with Crippen molar-refractivity contribution in [2.24, 2.45) is 0 Å². The second kappa shape index (κ2) is 2.18. The van der Waals surface area contributed by atoms with Gasteiger partial charge in [-0.25, -0.2) is 4.79 Å². The highest BCUT2D eigenvalue weighted by Gasteiger charge is 2.59. The quantitative estimate of drug-likeness (QED) is 0.544. The Balaban J connectivity index is 2.23. The molecule has 1 saturated heterocycles. The van der Waals surface area contributed by atoms with Crippen LogP contribution < -0.4 is 0 Å². The molecule has 3 heteroatoms. The van der Waals surface area contributed by atoms with Crippen LogP contribution in [0.3, 0.4) is 0 Å². The van der Waals surface area contributed by atoms with Crippen LogP contribution in [-0.4, -0.2) is 17.4 Å². The summed E-state index contributed by atoms with van der Waals surface area (Å²) >= 11 is 0. The van der Waals surface area contributed by atoms with Gasteiger partial charge in [0, 0.05) is 0 Å². The Morgan fingerprint density at radius 1 is 0.786 bits per heavy atom. The molecule has 1 fully saturated rings. The van der Waals surface area contributed by atoms with Crippen LogP contribution in [0.15, 0.2) is 48.6 Å². The Labute approximate surface area is 81.0 Å². The van der Waals surface area contributed by atoms with Crippen molar-refractivity contribution in [2.45, 2.75) is 11.2 Å². The zero-order chi connectivity index (χ0) is 9.65.